The highest BCUT2D eigenvalue weighted by Gasteiger charge is 2.27. The largest absolute Gasteiger partial charge is 0.354 e. The third-order valence-electron chi connectivity index (χ3n) is 4.52. The molecule has 0 amide bonds. The van der Waals surface area contributed by atoms with E-state index < -0.39 is 0 Å². The van der Waals surface area contributed by atoms with Crippen molar-refractivity contribution in [1.82, 2.24) is 14.9 Å². The minimum Gasteiger partial charge on any atom is -0.354 e. The molecular formula is C19H33ClN4. The van der Waals surface area contributed by atoms with Gasteiger partial charge in [0.15, 0.2) is 0 Å². The van der Waals surface area contributed by atoms with Crippen molar-refractivity contribution in [3.63, 3.8) is 0 Å². The van der Waals surface area contributed by atoms with Gasteiger partial charge in [-0.15, -0.1) is 11.6 Å². The Hall–Kier alpha value is -0.870. The first-order chi connectivity index (χ1) is 11.0. The maximum Gasteiger partial charge on any atom is 0.136 e. The number of anilines is 1. The zero-order valence-corrected chi connectivity index (χ0v) is 17.1. The highest BCUT2D eigenvalue weighted by atomic mass is 35.5. The van der Waals surface area contributed by atoms with Gasteiger partial charge in [0.05, 0.1) is 11.2 Å². The molecule has 0 saturated carbocycles. The Kier molecular flexibility index (Phi) is 5.81. The summed E-state index contributed by atoms with van der Waals surface area (Å²) in [5.74, 6) is 1.98. The molecule has 0 aromatic carbocycles. The SMILES string of the molecule is CCC(Cl)N1CCN(c2cc(C(C)(C)C)nc(C(C)(C)C)n2)CC1. The average Bonchev–Trinajstić information content (AvgIpc) is 2.52. The molecule has 0 aliphatic carbocycles. The van der Waals surface area contributed by atoms with Gasteiger partial charge in [-0.25, -0.2) is 9.97 Å². The van der Waals surface area contributed by atoms with Crippen LogP contribution in [0.1, 0.15) is 66.4 Å². The molecular weight excluding hydrogens is 320 g/mol. The third kappa shape index (κ3) is 4.60. The highest BCUT2D eigenvalue weighted by Crippen LogP contribution is 2.28. The molecule has 1 aliphatic rings. The summed E-state index contributed by atoms with van der Waals surface area (Å²) in [7, 11) is 0. The van der Waals surface area contributed by atoms with E-state index in [4.69, 9.17) is 21.6 Å². The smallest absolute Gasteiger partial charge is 0.136 e. The van der Waals surface area contributed by atoms with Gasteiger partial charge in [0.1, 0.15) is 11.6 Å². The van der Waals surface area contributed by atoms with Crippen molar-refractivity contribution in [2.24, 2.45) is 0 Å². The summed E-state index contributed by atoms with van der Waals surface area (Å²) in [5.41, 5.74) is 1.22. The summed E-state index contributed by atoms with van der Waals surface area (Å²) in [6.07, 6.45) is 0.984. The summed E-state index contributed by atoms with van der Waals surface area (Å²) in [6, 6.07) is 2.17. The number of nitrogens with zero attached hydrogens (tertiary/aromatic N) is 4. The van der Waals surface area contributed by atoms with Crippen molar-refractivity contribution in [2.45, 2.75) is 71.2 Å². The predicted octanol–water partition coefficient (Wildman–Crippen LogP) is 4.17. The van der Waals surface area contributed by atoms with E-state index in [0.29, 0.717) is 0 Å². The molecule has 0 radical (unpaired) electrons. The Bertz CT molecular complexity index is 519. The van der Waals surface area contributed by atoms with Crippen LogP contribution in [0.5, 0.6) is 0 Å². The van der Waals surface area contributed by atoms with Gasteiger partial charge < -0.3 is 4.90 Å². The molecule has 0 bridgehead atoms. The fraction of sp³-hybridized carbons (Fsp3) is 0.789. The van der Waals surface area contributed by atoms with Gasteiger partial charge >= 0.3 is 0 Å². The average molecular weight is 353 g/mol. The van der Waals surface area contributed by atoms with Crippen LogP contribution in [0.25, 0.3) is 0 Å². The molecule has 1 aliphatic heterocycles. The molecule has 1 aromatic heterocycles. The number of halogens is 1. The van der Waals surface area contributed by atoms with Crippen LogP contribution in [0.2, 0.25) is 0 Å². The number of rotatable bonds is 3. The minimum atomic E-state index is -0.0543. The third-order valence-corrected chi connectivity index (χ3v) is 5.11. The molecule has 0 N–H and O–H groups in total. The van der Waals surface area contributed by atoms with Crippen LogP contribution in [-0.2, 0) is 10.8 Å². The molecule has 2 rings (SSSR count). The molecule has 24 heavy (non-hydrogen) atoms. The minimum absolute atomic E-state index is 0.0168. The van der Waals surface area contributed by atoms with Gasteiger partial charge in [0.2, 0.25) is 0 Å². The maximum atomic E-state index is 6.39. The Morgan fingerprint density at radius 3 is 2.04 bits per heavy atom. The molecule has 1 atom stereocenters. The van der Waals surface area contributed by atoms with Crippen LogP contribution in [0.3, 0.4) is 0 Å². The quantitative estimate of drug-likeness (QED) is 0.603. The van der Waals surface area contributed by atoms with Crippen LogP contribution in [-0.4, -0.2) is 46.5 Å². The van der Waals surface area contributed by atoms with E-state index in [0.717, 1.165) is 49.9 Å². The zero-order valence-electron chi connectivity index (χ0n) is 16.4. The maximum absolute atomic E-state index is 6.39. The number of hydrogen-bond acceptors (Lipinski definition) is 4. The van der Waals surface area contributed by atoms with E-state index in [-0.39, 0.29) is 16.3 Å². The van der Waals surface area contributed by atoms with Gasteiger partial charge in [0, 0.05) is 43.1 Å². The van der Waals surface area contributed by atoms with Crippen LogP contribution in [0.15, 0.2) is 6.07 Å². The monoisotopic (exact) mass is 352 g/mol. The lowest BCUT2D eigenvalue weighted by molar-refractivity contribution is 0.232. The van der Waals surface area contributed by atoms with Gasteiger partial charge in [-0.3, -0.25) is 4.90 Å². The first kappa shape index (κ1) is 19.5. The molecule has 5 heteroatoms. The Balaban J connectivity index is 2.27. The van der Waals surface area contributed by atoms with Gasteiger partial charge in [-0.05, 0) is 6.42 Å². The van der Waals surface area contributed by atoms with Crippen LogP contribution in [0, 0.1) is 0 Å². The molecule has 1 fully saturated rings. The van der Waals surface area contributed by atoms with Crippen LogP contribution < -0.4 is 4.90 Å². The normalized spacial score (nSPS) is 18.8. The highest BCUT2D eigenvalue weighted by molar-refractivity contribution is 6.20. The van der Waals surface area contributed by atoms with E-state index >= 15 is 0 Å². The summed E-state index contributed by atoms with van der Waals surface area (Å²) < 4.78 is 0. The second-order valence-corrected chi connectivity index (χ2v) is 9.30. The number of aromatic nitrogens is 2. The van der Waals surface area contributed by atoms with E-state index in [1.54, 1.807) is 0 Å². The molecule has 1 aromatic rings. The first-order valence-corrected chi connectivity index (χ1v) is 9.49. The number of alkyl halides is 1. The van der Waals surface area contributed by atoms with Crippen molar-refractivity contribution in [2.75, 3.05) is 31.1 Å². The van der Waals surface area contributed by atoms with Gasteiger partial charge in [0.25, 0.3) is 0 Å². The lowest BCUT2D eigenvalue weighted by Crippen LogP contribution is -2.49. The van der Waals surface area contributed by atoms with Crippen LogP contribution in [0.4, 0.5) is 5.82 Å². The summed E-state index contributed by atoms with van der Waals surface area (Å²) in [6.45, 7) is 19.2. The van der Waals surface area contributed by atoms with E-state index in [9.17, 15) is 0 Å². The molecule has 0 spiro atoms. The van der Waals surface area contributed by atoms with E-state index in [2.05, 4.69) is 64.3 Å². The van der Waals surface area contributed by atoms with Gasteiger partial charge in [-0.1, -0.05) is 48.5 Å². The van der Waals surface area contributed by atoms with Crippen molar-refractivity contribution in [3.05, 3.63) is 17.6 Å². The molecule has 1 unspecified atom stereocenters. The topological polar surface area (TPSA) is 32.3 Å². The fourth-order valence-electron chi connectivity index (χ4n) is 2.81. The van der Waals surface area contributed by atoms with E-state index in [1.807, 2.05) is 0 Å². The number of piperazine rings is 1. The van der Waals surface area contributed by atoms with Crippen molar-refractivity contribution < 1.29 is 0 Å². The summed E-state index contributed by atoms with van der Waals surface area (Å²) in [4.78, 5) is 14.5. The predicted molar refractivity (Wildman–Crippen MR) is 103 cm³/mol. The van der Waals surface area contributed by atoms with E-state index in [1.165, 1.54) is 0 Å². The molecule has 2 heterocycles. The fourth-order valence-corrected chi connectivity index (χ4v) is 3.00. The molecule has 4 nitrogen and oxygen atoms in total. The lowest BCUT2D eigenvalue weighted by Gasteiger charge is -2.38. The van der Waals surface area contributed by atoms with Crippen LogP contribution >= 0.6 is 11.6 Å². The zero-order chi connectivity index (χ0) is 18.1. The Labute approximate surface area is 152 Å². The summed E-state index contributed by atoms with van der Waals surface area (Å²) in [5, 5.41) is 0. The number of hydrogen-bond donors (Lipinski definition) is 0. The lowest BCUT2D eigenvalue weighted by atomic mass is 9.90. The standard InChI is InChI=1S/C19H33ClN4/c1-8-15(20)23-9-11-24(12-10-23)16-13-14(18(2,3)4)21-17(22-16)19(5,6)7/h13,15H,8-12H2,1-7H3. The van der Waals surface area contributed by atoms with Crippen molar-refractivity contribution in [3.8, 4) is 0 Å². The van der Waals surface area contributed by atoms with Crippen molar-refractivity contribution >= 4 is 17.4 Å². The Morgan fingerprint density at radius 1 is 1.00 bits per heavy atom. The molecule has 136 valence electrons. The molecule has 1 saturated heterocycles. The van der Waals surface area contributed by atoms with Gasteiger partial charge in [-0.2, -0.15) is 0 Å². The first-order valence-electron chi connectivity index (χ1n) is 9.05. The second kappa shape index (κ2) is 7.17. The Morgan fingerprint density at radius 2 is 1.58 bits per heavy atom. The summed E-state index contributed by atoms with van der Waals surface area (Å²) >= 11 is 6.39. The second-order valence-electron chi connectivity index (χ2n) is 8.80. The van der Waals surface area contributed by atoms with Crippen molar-refractivity contribution in [1.29, 1.82) is 0 Å².